The van der Waals surface area contributed by atoms with E-state index in [4.69, 9.17) is 23.2 Å². The van der Waals surface area contributed by atoms with E-state index >= 15 is 0 Å². The number of nitrogens with zero attached hydrogens (tertiary/aromatic N) is 3. The maximum Gasteiger partial charge on any atom is 0.345 e. The molecule has 0 aliphatic heterocycles. The van der Waals surface area contributed by atoms with E-state index in [9.17, 15) is 9.90 Å². The van der Waals surface area contributed by atoms with Crippen molar-refractivity contribution in [2.75, 3.05) is 5.88 Å². The predicted molar refractivity (Wildman–Crippen MR) is 78.3 cm³/mol. The Morgan fingerprint density at radius 3 is 2.95 bits per heavy atom. The van der Waals surface area contributed by atoms with E-state index in [1.165, 1.54) is 6.20 Å². The Morgan fingerprint density at radius 2 is 2.29 bits per heavy atom. The molecule has 0 atom stereocenters. The number of hydrogen-bond donors (Lipinski definition) is 0. The van der Waals surface area contributed by atoms with E-state index in [0.717, 1.165) is 16.9 Å². The Hall–Kier alpha value is -1.63. The zero-order valence-corrected chi connectivity index (χ0v) is 13.0. The van der Waals surface area contributed by atoms with Crippen LogP contribution in [0.25, 0.3) is 4.96 Å². The van der Waals surface area contributed by atoms with Crippen LogP contribution in [0.15, 0.2) is 30.7 Å². The molecule has 5 nitrogen and oxygen atoms in total. The normalized spacial score (nSPS) is 11.1. The lowest BCUT2D eigenvalue weighted by Gasteiger charge is -1.97. The summed E-state index contributed by atoms with van der Waals surface area (Å²) in [5.74, 6) is -0.351. The van der Waals surface area contributed by atoms with Gasteiger partial charge in [0.2, 0.25) is 11.5 Å². The van der Waals surface area contributed by atoms with Crippen molar-refractivity contribution in [2.45, 2.75) is 6.54 Å². The third-order valence-corrected chi connectivity index (χ3v) is 4.35. The van der Waals surface area contributed by atoms with Crippen molar-refractivity contribution in [1.29, 1.82) is 0 Å². The number of thiazole rings is 1. The van der Waals surface area contributed by atoms with E-state index in [1.807, 2.05) is 10.6 Å². The Kier molecular flexibility index (Phi) is 3.84. The smallest absolute Gasteiger partial charge is 0.345 e. The first kappa shape index (κ1) is 14.3. The van der Waals surface area contributed by atoms with E-state index in [-0.39, 0.29) is 16.7 Å². The van der Waals surface area contributed by atoms with E-state index < -0.39 is 0 Å². The molecule has 0 radical (unpaired) electrons. The fourth-order valence-electron chi connectivity index (χ4n) is 2.05. The first-order valence-electron chi connectivity index (χ1n) is 5.99. The van der Waals surface area contributed by atoms with Gasteiger partial charge in [0.15, 0.2) is 0 Å². The number of carbonyl (C=O) groups is 1. The number of fused-ring (bicyclic) bond motifs is 1. The number of hydrogen-bond acceptors (Lipinski definition) is 4. The van der Waals surface area contributed by atoms with Gasteiger partial charge in [0.25, 0.3) is 0 Å². The number of alkyl halides is 1. The number of imidazole rings is 1. The van der Waals surface area contributed by atoms with Crippen LogP contribution in [0.5, 0.6) is 5.06 Å². The van der Waals surface area contributed by atoms with Crippen LogP contribution >= 0.6 is 34.5 Å². The number of Topliss-reactive ketones (excluding diaryl/α,β-unsaturated/α-hetero) is 1. The lowest BCUT2D eigenvalue weighted by atomic mass is 10.3. The third-order valence-electron chi connectivity index (χ3n) is 2.96. The van der Waals surface area contributed by atoms with Gasteiger partial charge in [-0.1, -0.05) is 29.0 Å². The van der Waals surface area contributed by atoms with Crippen molar-refractivity contribution in [3.63, 3.8) is 0 Å². The highest BCUT2D eigenvalue weighted by atomic mass is 35.5. The minimum Gasteiger partial charge on any atom is -0.862 e. The molecule has 108 valence electrons. The molecule has 0 aliphatic carbocycles. The number of halogens is 2. The summed E-state index contributed by atoms with van der Waals surface area (Å²) in [6.07, 6.45) is 4.76. The molecule has 0 aliphatic rings. The molecule has 3 aromatic rings. The summed E-state index contributed by atoms with van der Waals surface area (Å²) in [4.78, 5) is 16.6. The first-order valence-corrected chi connectivity index (χ1v) is 7.72. The van der Waals surface area contributed by atoms with Gasteiger partial charge < -0.3 is 5.11 Å². The average molecular weight is 342 g/mol. The molecule has 21 heavy (non-hydrogen) atoms. The van der Waals surface area contributed by atoms with Gasteiger partial charge in [-0.15, -0.1) is 11.6 Å². The monoisotopic (exact) mass is 341 g/mol. The molecule has 0 saturated carbocycles. The highest BCUT2D eigenvalue weighted by molar-refractivity contribution is 7.18. The molecular weight excluding hydrogens is 333 g/mol. The van der Waals surface area contributed by atoms with E-state index in [0.29, 0.717) is 22.4 Å². The predicted octanol–water partition coefficient (Wildman–Crippen LogP) is 1.88. The SMILES string of the molecule is O=C(CCl)c1c[n+](Cc2ccc(Cl)nc2)c2sc([O-])cn12. The van der Waals surface area contributed by atoms with Crippen molar-refractivity contribution in [3.05, 3.63) is 47.1 Å². The van der Waals surface area contributed by atoms with Gasteiger partial charge in [0.1, 0.15) is 24.1 Å². The lowest BCUT2D eigenvalue weighted by Crippen LogP contribution is -2.32. The van der Waals surface area contributed by atoms with Gasteiger partial charge in [0.05, 0.1) is 5.88 Å². The van der Waals surface area contributed by atoms with Crippen LogP contribution in [0.3, 0.4) is 0 Å². The molecule has 3 rings (SSSR count). The molecule has 0 aromatic carbocycles. The van der Waals surface area contributed by atoms with Crippen LogP contribution in [0.1, 0.15) is 16.1 Å². The molecule has 0 saturated heterocycles. The average Bonchev–Trinajstić information content (AvgIpc) is 2.99. The van der Waals surface area contributed by atoms with Crippen LogP contribution in [0, 0.1) is 0 Å². The zero-order valence-electron chi connectivity index (χ0n) is 10.6. The molecular formula is C13H9Cl2N3O2S. The van der Waals surface area contributed by atoms with Crippen molar-refractivity contribution >= 4 is 45.3 Å². The quantitative estimate of drug-likeness (QED) is 0.315. The second-order valence-electron chi connectivity index (χ2n) is 4.39. The first-order chi connectivity index (χ1) is 10.1. The van der Waals surface area contributed by atoms with Crippen LogP contribution in [-0.2, 0) is 6.54 Å². The zero-order chi connectivity index (χ0) is 15.0. The molecule has 0 N–H and O–H groups in total. The van der Waals surface area contributed by atoms with Gasteiger partial charge in [-0.25, -0.2) is 9.55 Å². The minimum absolute atomic E-state index is 0.114. The Bertz CT molecular complexity index is 811. The van der Waals surface area contributed by atoms with Crippen molar-refractivity contribution in [2.24, 2.45) is 0 Å². The summed E-state index contributed by atoms with van der Waals surface area (Å²) in [6, 6.07) is 3.55. The van der Waals surface area contributed by atoms with Crippen LogP contribution < -0.4 is 9.67 Å². The number of pyridine rings is 1. The topological polar surface area (TPSA) is 61.3 Å². The summed E-state index contributed by atoms with van der Waals surface area (Å²) in [7, 11) is 0. The third kappa shape index (κ3) is 2.74. The molecule has 3 heterocycles. The van der Waals surface area contributed by atoms with Gasteiger partial charge in [-0.3, -0.25) is 4.79 Å². The standard InChI is InChI=1S/C13H9Cl2N3O2S/c14-3-10(19)9-6-17(13-18(9)7-12(20)21-13)5-8-1-2-11(15)16-4-8/h1-2,4,6-7H,3,5H2. The van der Waals surface area contributed by atoms with E-state index in [2.05, 4.69) is 4.98 Å². The highest BCUT2D eigenvalue weighted by Gasteiger charge is 2.23. The van der Waals surface area contributed by atoms with Crippen molar-refractivity contribution in [1.82, 2.24) is 9.38 Å². The van der Waals surface area contributed by atoms with Crippen LogP contribution in [0.4, 0.5) is 0 Å². The maximum atomic E-state index is 11.9. The molecule has 0 spiro atoms. The summed E-state index contributed by atoms with van der Waals surface area (Å²) in [5.41, 5.74) is 1.32. The van der Waals surface area contributed by atoms with Gasteiger partial charge in [0, 0.05) is 11.8 Å². The summed E-state index contributed by atoms with van der Waals surface area (Å²) in [5, 5.41) is 11.9. The van der Waals surface area contributed by atoms with Gasteiger partial charge in [-0.2, -0.15) is 4.40 Å². The maximum absolute atomic E-state index is 11.9. The van der Waals surface area contributed by atoms with Crippen molar-refractivity contribution in [3.8, 4) is 5.06 Å². The number of rotatable bonds is 4. The number of aromatic nitrogens is 3. The highest BCUT2D eigenvalue weighted by Crippen LogP contribution is 2.21. The fraction of sp³-hybridized carbons (Fsp3) is 0.154. The second kappa shape index (κ2) is 5.63. The molecule has 3 aromatic heterocycles. The van der Waals surface area contributed by atoms with Crippen LogP contribution in [0.2, 0.25) is 5.15 Å². The van der Waals surface area contributed by atoms with Gasteiger partial charge in [-0.05, 0) is 11.1 Å². The lowest BCUT2D eigenvalue weighted by molar-refractivity contribution is -0.659. The second-order valence-corrected chi connectivity index (χ2v) is 6.02. The minimum atomic E-state index is -0.225. The molecule has 0 unspecified atom stereocenters. The Labute approximate surface area is 134 Å². The molecule has 0 fully saturated rings. The van der Waals surface area contributed by atoms with Crippen LogP contribution in [-0.4, -0.2) is 21.0 Å². The summed E-state index contributed by atoms with van der Waals surface area (Å²) >= 11 is 12.4. The number of ketones is 1. The summed E-state index contributed by atoms with van der Waals surface area (Å²) in [6.45, 7) is 0.489. The Balaban J connectivity index is 2.05. The molecule has 8 heteroatoms. The molecule has 0 bridgehead atoms. The fourth-order valence-corrected chi connectivity index (χ4v) is 3.12. The largest absolute Gasteiger partial charge is 0.862 e. The van der Waals surface area contributed by atoms with Gasteiger partial charge >= 0.3 is 4.96 Å². The Morgan fingerprint density at radius 1 is 1.48 bits per heavy atom. The summed E-state index contributed by atoms with van der Waals surface area (Å²) < 4.78 is 3.41. The van der Waals surface area contributed by atoms with E-state index in [1.54, 1.807) is 22.9 Å². The van der Waals surface area contributed by atoms with Crippen molar-refractivity contribution < 1.29 is 14.5 Å². The number of carbonyl (C=O) groups excluding carboxylic acids is 1. The molecule has 0 amide bonds.